The summed E-state index contributed by atoms with van der Waals surface area (Å²) in [7, 11) is 0. The van der Waals surface area contributed by atoms with Crippen LogP contribution in [0.4, 0.5) is 0 Å². The van der Waals surface area contributed by atoms with E-state index in [0.717, 1.165) is 5.56 Å². The van der Waals surface area contributed by atoms with Crippen LogP contribution >= 0.6 is 0 Å². The average Bonchev–Trinajstić information content (AvgIpc) is 2.82. The van der Waals surface area contributed by atoms with E-state index in [9.17, 15) is 0 Å². The molecule has 1 aliphatic rings. The first-order valence-electron chi connectivity index (χ1n) is 5.82. The molecule has 0 atom stereocenters. The standard InChI is InChI=1S/C13H18N2O/c14-15-9-11-5-7-12(8-6-11)10-16-13-3-1-2-4-13/h5-9,13H,1-4,10,14H2. The Morgan fingerprint density at radius 2 is 1.94 bits per heavy atom. The first-order chi connectivity index (χ1) is 7.88. The van der Waals surface area contributed by atoms with E-state index in [4.69, 9.17) is 10.6 Å². The van der Waals surface area contributed by atoms with Crippen molar-refractivity contribution in [3.8, 4) is 0 Å². The molecule has 1 fully saturated rings. The topological polar surface area (TPSA) is 47.6 Å². The lowest BCUT2D eigenvalue weighted by atomic mass is 10.1. The molecule has 1 aromatic rings. The van der Waals surface area contributed by atoms with Gasteiger partial charge in [-0.25, -0.2) is 0 Å². The van der Waals surface area contributed by atoms with Crippen molar-refractivity contribution in [3.05, 3.63) is 35.4 Å². The predicted octanol–water partition coefficient (Wildman–Crippen LogP) is 2.44. The van der Waals surface area contributed by atoms with E-state index in [-0.39, 0.29) is 0 Å². The van der Waals surface area contributed by atoms with Gasteiger partial charge in [-0.3, -0.25) is 0 Å². The molecule has 0 saturated heterocycles. The van der Waals surface area contributed by atoms with E-state index in [1.807, 2.05) is 12.1 Å². The van der Waals surface area contributed by atoms with Gasteiger partial charge in [0.25, 0.3) is 0 Å². The van der Waals surface area contributed by atoms with Crippen molar-refractivity contribution in [2.45, 2.75) is 38.4 Å². The van der Waals surface area contributed by atoms with Crippen LogP contribution in [0.15, 0.2) is 29.4 Å². The van der Waals surface area contributed by atoms with Gasteiger partial charge in [-0.1, -0.05) is 37.1 Å². The third kappa shape index (κ3) is 3.07. The molecule has 0 bridgehead atoms. The quantitative estimate of drug-likeness (QED) is 0.479. The smallest absolute Gasteiger partial charge is 0.0720 e. The number of nitrogens with two attached hydrogens (primary N) is 1. The van der Waals surface area contributed by atoms with Gasteiger partial charge in [0.05, 0.1) is 18.9 Å². The number of hydrogen-bond acceptors (Lipinski definition) is 3. The van der Waals surface area contributed by atoms with Gasteiger partial charge in [-0.15, -0.1) is 0 Å². The van der Waals surface area contributed by atoms with Crippen molar-refractivity contribution in [1.29, 1.82) is 0 Å². The minimum absolute atomic E-state index is 0.477. The molecule has 3 nitrogen and oxygen atoms in total. The Bertz CT molecular complexity index is 339. The van der Waals surface area contributed by atoms with Crippen LogP contribution in [0.2, 0.25) is 0 Å². The summed E-state index contributed by atoms with van der Waals surface area (Å²) in [6.45, 7) is 0.713. The predicted molar refractivity (Wildman–Crippen MR) is 65.3 cm³/mol. The molecular formula is C13H18N2O. The van der Waals surface area contributed by atoms with Crippen LogP contribution in [-0.4, -0.2) is 12.3 Å². The summed E-state index contributed by atoms with van der Waals surface area (Å²) in [6, 6.07) is 8.13. The number of hydrazone groups is 1. The van der Waals surface area contributed by atoms with Crippen LogP contribution in [0, 0.1) is 0 Å². The Morgan fingerprint density at radius 3 is 2.56 bits per heavy atom. The minimum Gasteiger partial charge on any atom is -0.374 e. The maximum Gasteiger partial charge on any atom is 0.0720 e. The molecule has 1 saturated carbocycles. The van der Waals surface area contributed by atoms with Crippen LogP contribution in [-0.2, 0) is 11.3 Å². The minimum atomic E-state index is 0.477. The van der Waals surface area contributed by atoms with Gasteiger partial charge in [-0.2, -0.15) is 5.10 Å². The molecule has 1 aromatic carbocycles. The Labute approximate surface area is 96.3 Å². The van der Waals surface area contributed by atoms with Gasteiger partial charge < -0.3 is 10.6 Å². The summed E-state index contributed by atoms with van der Waals surface area (Å²) < 4.78 is 5.83. The molecular weight excluding hydrogens is 200 g/mol. The van der Waals surface area contributed by atoms with E-state index in [1.54, 1.807) is 6.21 Å². The Hall–Kier alpha value is -1.35. The lowest BCUT2D eigenvalue weighted by Gasteiger charge is -2.10. The third-order valence-electron chi connectivity index (χ3n) is 2.99. The molecule has 0 aliphatic heterocycles. The van der Waals surface area contributed by atoms with E-state index in [0.29, 0.717) is 12.7 Å². The molecule has 2 N–H and O–H groups in total. The highest BCUT2D eigenvalue weighted by Gasteiger charge is 2.14. The van der Waals surface area contributed by atoms with Crippen LogP contribution in [0.3, 0.4) is 0 Å². The molecule has 0 unspecified atom stereocenters. The van der Waals surface area contributed by atoms with E-state index in [2.05, 4.69) is 17.2 Å². The van der Waals surface area contributed by atoms with Crippen LogP contribution in [0.1, 0.15) is 36.8 Å². The molecule has 0 spiro atoms. The molecule has 86 valence electrons. The Morgan fingerprint density at radius 1 is 1.25 bits per heavy atom. The van der Waals surface area contributed by atoms with Crippen LogP contribution < -0.4 is 5.84 Å². The maximum atomic E-state index is 5.83. The van der Waals surface area contributed by atoms with Crippen molar-refractivity contribution < 1.29 is 4.74 Å². The SMILES string of the molecule is NN=Cc1ccc(COC2CCCC2)cc1. The van der Waals surface area contributed by atoms with Crippen LogP contribution in [0.25, 0.3) is 0 Å². The molecule has 16 heavy (non-hydrogen) atoms. The molecule has 0 heterocycles. The van der Waals surface area contributed by atoms with Gasteiger partial charge in [0.2, 0.25) is 0 Å². The molecule has 0 aromatic heterocycles. The molecule has 3 heteroatoms. The number of benzene rings is 1. The van der Waals surface area contributed by atoms with Gasteiger partial charge in [0, 0.05) is 0 Å². The van der Waals surface area contributed by atoms with Crippen molar-refractivity contribution in [3.63, 3.8) is 0 Å². The lowest BCUT2D eigenvalue weighted by Crippen LogP contribution is -2.07. The molecule has 0 radical (unpaired) electrons. The van der Waals surface area contributed by atoms with Gasteiger partial charge >= 0.3 is 0 Å². The molecule has 1 aliphatic carbocycles. The second-order valence-corrected chi connectivity index (χ2v) is 4.24. The maximum absolute atomic E-state index is 5.83. The summed E-state index contributed by atoms with van der Waals surface area (Å²) >= 11 is 0. The second kappa shape index (κ2) is 5.66. The largest absolute Gasteiger partial charge is 0.374 e. The third-order valence-corrected chi connectivity index (χ3v) is 2.99. The number of ether oxygens (including phenoxy) is 1. The van der Waals surface area contributed by atoms with Crippen molar-refractivity contribution in [2.24, 2.45) is 10.9 Å². The number of rotatable bonds is 4. The van der Waals surface area contributed by atoms with E-state index in [1.165, 1.54) is 31.2 Å². The summed E-state index contributed by atoms with van der Waals surface area (Å²) in [5.41, 5.74) is 2.23. The van der Waals surface area contributed by atoms with Crippen molar-refractivity contribution in [1.82, 2.24) is 0 Å². The van der Waals surface area contributed by atoms with Crippen LogP contribution in [0.5, 0.6) is 0 Å². The highest BCUT2D eigenvalue weighted by atomic mass is 16.5. The monoisotopic (exact) mass is 218 g/mol. The fraction of sp³-hybridized carbons (Fsp3) is 0.462. The zero-order valence-electron chi connectivity index (χ0n) is 9.43. The van der Waals surface area contributed by atoms with Gasteiger partial charge in [-0.05, 0) is 24.0 Å². The first-order valence-corrected chi connectivity index (χ1v) is 5.82. The normalized spacial score (nSPS) is 17.2. The summed E-state index contributed by atoms with van der Waals surface area (Å²) in [5, 5.41) is 3.49. The van der Waals surface area contributed by atoms with E-state index >= 15 is 0 Å². The van der Waals surface area contributed by atoms with Gasteiger partial charge in [0.1, 0.15) is 0 Å². The van der Waals surface area contributed by atoms with Crippen molar-refractivity contribution >= 4 is 6.21 Å². The highest BCUT2D eigenvalue weighted by Crippen LogP contribution is 2.22. The van der Waals surface area contributed by atoms with Crippen molar-refractivity contribution in [2.75, 3.05) is 0 Å². The van der Waals surface area contributed by atoms with Gasteiger partial charge in [0.15, 0.2) is 0 Å². The fourth-order valence-electron chi connectivity index (χ4n) is 2.06. The fourth-order valence-corrected chi connectivity index (χ4v) is 2.06. The first kappa shape index (κ1) is 11.1. The Kier molecular flexibility index (Phi) is 3.94. The number of hydrogen-bond donors (Lipinski definition) is 1. The number of nitrogens with zero attached hydrogens (tertiary/aromatic N) is 1. The Balaban J connectivity index is 1.84. The lowest BCUT2D eigenvalue weighted by molar-refractivity contribution is 0.0457. The second-order valence-electron chi connectivity index (χ2n) is 4.24. The zero-order valence-corrected chi connectivity index (χ0v) is 9.43. The molecule has 2 rings (SSSR count). The highest BCUT2D eigenvalue weighted by molar-refractivity contribution is 5.79. The molecule has 0 amide bonds. The summed E-state index contributed by atoms with van der Waals surface area (Å²) in [5.74, 6) is 5.08. The van der Waals surface area contributed by atoms with E-state index < -0.39 is 0 Å². The summed E-state index contributed by atoms with van der Waals surface area (Å²) in [4.78, 5) is 0. The average molecular weight is 218 g/mol. The summed E-state index contributed by atoms with van der Waals surface area (Å²) in [6.07, 6.45) is 7.19. The zero-order chi connectivity index (χ0) is 11.2.